The highest BCUT2D eigenvalue weighted by Crippen LogP contribution is 2.39. The van der Waals surface area contributed by atoms with E-state index < -0.39 is 23.5 Å². The molecule has 1 aromatic heterocycles. The van der Waals surface area contributed by atoms with Crippen LogP contribution in [0.5, 0.6) is 5.75 Å². The third-order valence-corrected chi connectivity index (χ3v) is 5.02. The summed E-state index contributed by atoms with van der Waals surface area (Å²) >= 11 is 0. The summed E-state index contributed by atoms with van der Waals surface area (Å²) in [6.07, 6.45) is 3.35. The fourth-order valence-corrected chi connectivity index (χ4v) is 3.42. The number of carbonyl (C=O) groups excluding carboxylic acids is 2. The zero-order chi connectivity index (χ0) is 21.7. The molecule has 1 aliphatic heterocycles. The number of Topliss-reactive ketones (excluding diaryl/α,β-unsaturated/α-hetero) is 1. The molecule has 160 valence electrons. The van der Waals surface area contributed by atoms with E-state index >= 15 is 0 Å². The van der Waals surface area contributed by atoms with Crippen molar-refractivity contribution in [3.63, 3.8) is 0 Å². The van der Waals surface area contributed by atoms with Crippen LogP contribution in [0.1, 0.15) is 41.9 Å². The van der Waals surface area contributed by atoms with Gasteiger partial charge in [-0.25, -0.2) is 0 Å². The SMILES string of the molecule is CCCCOc1cccc(C2C(C(=O)c3ccco3)=C(O)C(=O)N2CCN(C)C)c1. The number of carbonyl (C=O) groups is 2. The van der Waals surface area contributed by atoms with Crippen LogP contribution in [0, 0.1) is 0 Å². The topological polar surface area (TPSA) is 83.2 Å². The van der Waals surface area contributed by atoms with E-state index in [1.165, 1.54) is 17.2 Å². The van der Waals surface area contributed by atoms with Crippen molar-refractivity contribution >= 4 is 11.7 Å². The minimum atomic E-state index is -0.718. The minimum absolute atomic E-state index is 0.0272. The molecule has 0 bridgehead atoms. The van der Waals surface area contributed by atoms with Crippen LogP contribution >= 0.6 is 0 Å². The molecule has 7 heteroatoms. The quantitative estimate of drug-likeness (QED) is 0.474. The first-order valence-corrected chi connectivity index (χ1v) is 10.1. The number of aliphatic hydroxyl groups is 1. The van der Waals surface area contributed by atoms with Gasteiger partial charge in [-0.05, 0) is 50.3 Å². The van der Waals surface area contributed by atoms with Crippen molar-refractivity contribution in [1.29, 1.82) is 0 Å². The molecule has 1 aromatic carbocycles. The van der Waals surface area contributed by atoms with Crippen molar-refractivity contribution in [2.45, 2.75) is 25.8 Å². The Hall–Kier alpha value is -3.06. The highest BCUT2D eigenvalue weighted by molar-refractivity contribution is 6.15. The Morgan fingerprint density at radius 1 is 1.27 bits per heavy atom. The van der Waals surface area contributed by atoms with E-state index in [0.717, 1.165) is 12.8 Å². The third kappa shape index (κ3) is 4.57. The minimum Gasteiger partial charge on any atom is -0.503 e. The van der Waals surface area contributed by atoms with Gasteiger partial charge in [0.25, 0.3) is 5.91 Å². The number of rotatable bonds is 10. The Balaban J connectivity index is 1.99. The summed E-state index contributed by atoms with van der Waals surface area (Å²) in [6, 6.07) is 9.74. The van der Waals surface area contributed by atoms with Crippen molar-refractivity contribution in [1.82, 2.24) is 9.80 Å². The fraction of sp³-hybridized carbons (Fsp3) is 0.391. The average molecular weight is 412 g/mol. The Labute approximate surface area is 176 Å². The summed E-state index contributed by atoms with van der Waals surface area (Å²) in [4.78, 5) is 29.4. The molecule has 2 aromatic rings. The van der Waals surface area contributed by atoms with Crippen LogP contribution in [0.2, 0.25) is 0 Å². The number of hydrogen-bond donors (Lipinski definition) is 1. The molecule has 1 aliphatic rings. The second-order valence-electron chi connectivity index (χ2n) is 7.55. The van der Waals surface area contributed by atoms with Crippen LogP contribution in [0.3, 0.4) is 0 Å². The first kappa shape index (κ1) is 21.6. The maximum atomic E-state index is 13.1. The van der Waals surface area contributed by atoms with E-state index in [1.54, 1.807) is 6.07 Å². The van der Waals surface area contributed by atoms with Crippen molar-refractivity contribution in [3.8, 4) is 5.75 Å². The number of nitrogens with zero attached hydrogens (tertiary/aromatic N) is 2. The van der Waals surface area contributed by atoms with Gasteiger partial charge >= 0.3 is 0 Å². The highest BCUT2D eigenvalue weighted by Gasteiger charge is 2.44. The smallest absolute Gasteiger partial charge is 0.290 e. The standard InChI is InChI=1S/C23H28N2O5/c1-4-5-13-29-17-9-6-8-16(15-17)20-19(21(26)18-10-7-14-30-18)22(27)23(28)25(20)12-11-24(2)3/h6-10,14-15,20,27H,4-5,11-13H2,1-3H3. The van der Waals surface area contributed by atoms with Crippen LogP contribution < -0.4 is 4.74 Å². The molecule has 0 fully saturated rings. The van der Waals surface area contributed by atoms with Gasteiger partial charge in [-0.3, -0.25) is 9.59 Å². The maximum Gasteiger partial charge on any atom is 0.290 e. The molecule has 7 nitrogen and oxygen atoms in total. The Bertz CT molecular complexity index is 917. The fourth-order valence-electron chi connectivity index (χ4n) is 3.42. The maximum absolute atomic E-state index is 13.1. The predicted molar refractivity (Wildman–Crippen MR) is 113 cm³/mol. The van der Waals surface area contributed by atoms with Crippen LogP contribution in [0.4, 0.5) is 0 Å². The molecule has 2 heterocycles. The summed E-state index contributed by atoms with van der Waals surface area (Å²) < 4.78 is 11.0. The van der Waals surface area contributed by atoms with Crippen molar-refractivity contribution < 1.29 is 23.8 Å². The largest absolute Gasteiger partial charge is 0.503 e. The second kappa shape index (κ2) is 9.63. The zero-order valence-corrected chi connectivity index (χ0v) is 17.6. The summed E-state index contributed by atoms with van der Waals surface area (Å²) in [5.74, 6) is -0.844. The normalized spacial score (nSPS) is 16.6. The lowest BCUT2D eigenvalue weighted by Crippen LogP contribution is -2.36. The third-order valence-electron chi connectivity index (χ3n) is 5.02. The van der Waals surface area contributed by atoms with Gasteiger partial charge in [-0.1, -0.05) is 25.5 Å². The summed E-state index contributed by atoms with van der Waals surface area (Å²) in [7, 11) is 3.81. The number of ketones is 1. The Kier molecular flexibility index (Phi) is 6.95. The summed E-state index contributed by atoms with van der Waals surface area (Å²) in [6.45, 7) is 3.63. The molecule has 0 spiro atoms. The molecule has 0 radical (unpaired) electrons. The molecule has 1 amide bonds. The van der Waals surface area contributed by atoms with E-state index in [-0.39, 0.29) is 11.3 Å². The molecule has 1 N–H and O–H groups in total. The number of hydrogen-bond acceptors (Lipinski definition) is 6. The predicted octanol–water partition coefficient (Wildman–Crippen LogP) is 3.60. The van der Waals surface area contributed by atoms with Crippen LogP contribution in [-0.2, 0) is 4.79 Å². The molecule has 0 saturated heterocycles. The second-order valence-corrected chi connectivity index (χ2v) is 7.55. The van der Waals surface area contributed by atoms with E-state index in [4.69, 9.17) is 9.15 Å². The van der Waals surface area contributed by atoms with Crippen LogP contribution in [0.15, 0.2) is 58.4 Å². The number of aliphatic hydroxyl groups excluding tert-OH is 1. The summed E-state index contributed by atoms with van der Waals surface area (Å²) in [5.41, 5.74) is 0.731. The van der Waals surface area contributed by atoms with Crippen LogP contribution in [0.25, 0.3) is 0 Å². The molecule has 3 rings (SSSR count). The van der Waals surface area contributed by atoms with Gasteiger partial charge in [0, 0.05) is 13.1 Å². The zero-order valence-electron chi connectivity index (χ0n) is 17.6. The molecular formula is C23H28N2O5. The lowest BCUT2D eigenvalue weighted by atomic mass is 9.95. The Morgan fingerprint density at radius 3 is 2.73 bits per heavy atom. The van der Waals surface area contributed by atoms with Gasteiger partial charge < -0.3 is 24.1 Å². The highest BCUT2D eigenvalue weighted by atomic mass is 16.5. The van der Waals surface area contributed by atoms with E-state index in [0.29, 0.717) is 31.0 Å². The number of furan rings is 1. The lowest BCUT2D eigenvalue weighted by molar-refractivity contribution is -0.129. The van der Waals surface area contributed by atoms with Gasteiger partial charge in [0.05, 0.1) is 24.5 Å². The molecule has 0 aliphatic carbocycles. The first-order valence-electron chi connectivity index (χ1n) is 10.1. The number of benzene rings is 1. The lowest BCUT2D eigenvalue weighted by Gasteiger charge is -2.28. The summed E-state index contributed by atoms with van der Waals surface area (Å²) in [5, 5.41) is 10.6. The van der Waals surface area contributed by atoms with E-state index in [1.807, 2.05) is 43.3 Å². The van der Waals surface area contributed by atoms with Crippen molar-refractivity contribution in [2.75, 3.05) is 33.8 Å². The average Bonchev–Trinajstić information content (AvgIpc) is 3.34. The Morgan fingerprint density at radius 2 is 2.07 bits per heavy atom. The van der Waals surface area contributed by atoms with E-state index in [2.05, 4.69) is 6.92 Å². The van der Waals surface area contributed by atoms with Gasteiger partial charge in [0.2, 0.25) is 5.78 Å². The van der Waals surface area contributed by atoms with Gasteiger partial charge in [0.15, 0.2) is 11.5 Å². The number of ether oxygens (including phenoxy) is 1. The molecular weight excluding hydrogens is 384 g/mol. The number of likely N-dealkylation sites (N-methyl/N-ethyl adjacent to an activating group) is 1. The number of unbranched alkanes of at least 4 members (excludes halogenated alkanes) is 1. The monoisotopic (exact) mass is 412 g/mol. The molecule has 0 saturated carbocycles. The molecule has 1 atom stereocenters. The van der Waals surface area contributed by atoms with Crippen molar-refractivity contribution in [3.05, 3.63) is 65.3 Å². The van der Waals surface area contributed by atoms with Gasteiger partial charge in [-0.15, -0.1) is 0 Å². The first-order chi connectivity index (χ1) is 14.4. The van der Waals surface area contributed by atoms with Crippen LogP contribution in [-0.4, -0.2) is 60.4 Å². The molecule has 30 heavy (non-hydrogen) atoms. The number of amides is 1. The van der Waals surface area contributed by atoms with Gasteiger partial charge in [-0.2, -0.15) is 0 Å². The van der Waals surface area contributed by atoms with Gasteiger partial charge in [0.1, 0.15) is 5.75 Å². The van der Waals surface area contributed by atoms with E-state index in [9.17, 15) is 14.7 Å². The molecule has 1 unspecified atom stereocenters. The van der Waals surface area contributed by atoms with Crippen molar-refractivity contribution in [2.24, 2.45) is 0 Å².